The first-order valence-electron chi connectivity index (χ1n) is 6.57. The summed E-state index contributed by atoms with van der Waals surface area (Å²) < 4.78 is 16.4. The predicted molar refractivity (Wildman–Crippen MR) is 83.6 cm³/mol. The molecular weight excluding hydrogens is 340 g/mol. The number of halogens is 1. The number of hydrogen-bond acceptors (Lipinski definition) is 5. The van der Waals surface area contributed by atoms with Gasteiger partial charge in [0.05, 0.1) is 11.6 Å². The second-order valence-corrected chi connectivity index (χ2v) is 5.15. The van der Waals surface area contributed by atoms with Crippen LogP contribution in [0.5, 0.6) is 11.5 Å². The molecule has 1 amide bonds. The lowest BCUT2D eigenvalue weighted by atomic mass is 10.2. The monoisotopic (exact) mass is 360 g/mol. The molecule has 0 spiro atoms. The Morgan fingerprint density at radius 2 is 2.14 bits per heavy atom. The lowest BCUT2D eigenvalue weighted by Crippen LogP contribution is -2.30. The zero-order valence-corrected chi connectivity index (χ0v) is 13.9. The van der Waals surface area contributed by atoms with Crippen LogP contribution in [0.15, 0.2) is 16.6 Å². The lowest BCUT2D eigenvalue weighted by Gasteiger charge is -2.14. The zero-order valence-electron chi connectivity index (χ0n) is 12.3. The van der Waals surface area contributed by atoms with E-state index in [1.54, 1.807) is 20.3 Å². The molecule has 7 heteroatoms. The molecule has 0 heterocycles. The van der Waals surface area contributed by atoms with E-state index in [0.717, 1.165) is 12.0 Å². The topological polar surface area (TPSA) is 82.8 Å². The van der Waals surface area contributed by atoms with Crippen molar-refractivity contribution in [2.24, 2.45) is 5.73 Å². The first kappa shape index (κ1) is 17.7. The quantitative estimate of drug-likeness (QED) is 0.651. The van der Waals surface area contributed by atoms with Gasteiger partial charge in [0, 0.05) is 26.8 Å². The Hall–Kier alpha value is -1.31. The molecule has 0 radical (unpaired) electrons. The van der Waals surface area contributed by atoms with Gasteiger partial charge in [0.15, 0.2) is 18.1 Å². The number of rotatable bonds is 9. The number of ether oxygens (including phenoxy) is 3. The van der Waals surface area contributed by atoms with Gasteiger partial charge in [-0.2, -0.15) is 0 Å². The Kier molecular flexibility index (Phi) is 8.11. The van der Waals surface area contributed by atoms with E-state index in [1.807, 2.05) is 6.07 Å². The number of carbonyl (C=O) groups excluding carboxylic acids is 1. The first-order chi connectivity index (χ1) is 10.1. The maximum atomic E-state index is 11.7. The van der Waals surface area contributed by atoms with Crippen LogP contribution >= 0.6 is 15.9 Å². The van der Waals surface area contributed by atoms with Crippen LogP contribution in [0, 0.1) is 0 Å². The summed E-state index contributed by atoms with van der Waals surface area (Å²) in [6.45, 7) is 1.49. The number of nitrogens with one attached hydrogen (secondary N) is 1. The number of nitrogens with two attached hydrogens (primary N) is 1. The van der Waals surface area contributed by atoms with Crippen LogP contribution in [0.1, 0.15) is 12.0 Å². The number of benzene rings is 1. The van der Waals surface area contributed by atoms with Crippen LogP contribution in [0.25, 0.3) is 0 Å². The molecule has 0 fully saturated rings. The fraction of sp³-hybridized carbons (Fsp3) is 0.500. The molecule has 6 nitrogen and oxygen atoms in total. The SMILES string of the molecule is COCCCNC(=O)COc1c(Br)cc(CN)cc1OC. The molecule has 0 atom stereocenters. The Balaban J connectivity index is 2.56. The molecule has 0 aliphatic heterocycles. The van der Waals surface area contributed by atoms with Gasteiger partial charge in [-0.15, -0.1) is 0 Å². The van der Waals surface area contributed by atoms with Gasteiger partial charge in [0.25, 0.3) is 5.91 Å². The maximum Gasteiger partial charge on any atom is 0.257 e. The van der Waals surface area contributed by atoms with Gasteiger partial charge < -0.3 is 25.3 Å². The van der Waals surface area contributed by atoms with E-state index in [4.69, 9.17) is 19.9 Å². The average molecular weight is 361 g/mol. The van der Waals surface area contributed by atoms with Crippen molar-refractivity contribution in [3.05, 3.63) is 22.2 Å². The molecule has 0 unspecified atom stereocenters. The van der Waals surface area contributed by atoms with Gasteiger partial charge in [0.2, 0.25) is 0 Å². The summed E-state index contributed by atoms with van der Waals surface area (Å²) in [6.07, 6.45) is 0.764. The van der Waals surface area contributed by atoms with Crippen molar-refractivity contribution >= 4 is 21.8 Å². The summed E-state index contributed by atoms with van der Waals surface area (Å²) in [5, 5.41) is 2.75. The van der Waals surface area contributed by atoms with Crippen LogP contribution < -0.4 is 20.5 Å². The van der Waals surface area contributed by atoms with E-state index < -0.39 is 0 Å². The van der Waals surface area contributed by atoms with Crippen molar-refractivity contribution in [3.8, 4) is 11.5 Å². The standard InChI is InChI=1S/C14H21BrN2O4/c1-19-5-3-4-17-13(18)9-21-14-11(15)6-10(8-16)7-12(14)20-2/h6-7H,3-5,8-9,16H2,1-2H3,(H,17,18). The summed E-state index contributed by atoms with van der Waals surface area (Å²) in [5.74, 6) is 0.835. The predicted octanol–water partition coefficient (Wildman–Crippen LogP) is 1.45. The van der Waals surface area contributed by atoms with Crippen molar-refractivity contribution in [3.63, 3.8) is 0 Å². The highest BCUT2D eigenvalue weighted by atomic mass is 79.9. The minimum atomic E-state index is -0.192. The van der Waals surface area contributed by atoms with E-state index in [-0.39, 0.29) is 12.5 Å². The van der Waals surface area contributed by atoms with E-state index in [0.29, 0.717) is 35.7 Å². The second kappa shape index (κ2) is 9.59. The number of methoxy groups -OCH3 is 2. The molecular formula is C14H21BrN2O4. The van der Waals surface area contributed by atoms with Crippen LogP contribution in [0.4, 0.5) is 0 Å². The van der Waals surface area contributed by atoms with Gasteiger partial charge >= 0.3 is 0 Å². The van der Waals surface area contributed by atoms with E-state index in [1.165, 1.54) is 0 Å². The third-order valence-electron chi connectivity index (χ3n) is 2.72. The third-order valence-corrected chi connectivity index (χ3v) is 3.31. The summed E-state index contributed by atoms with van der Waals surface area (Å²) in [6, 6.07) is 3.63. The third kappa shape index (κ3) is 5.91. The Morgan fingerprint density at radius 3 is 2.76 bits per heavy atom. The normalized spacial score (nSPS) is 10.3. The van der Waals surface area contributed by atoms with E-state index in [9.17, 15) is 4.79 Å². The molecule has 0 aromatic heterocycles. The molecule has 0 saturated carbocycles. The molecule has 118 valence electrons. The molecule has 1 rings (SSSR count). The van der Waals surface area contributed by atoms with Crippen molar-refractivity contribution < 1.29 is 19.0 Å². The molecule has 1 aromatic carbocycles. The lowest BCUT2D eigenvalue weighted by molar-refractivity contribution is -0.123. The van der Waals surface area contributed by atoms with Gasteiger partial charge in [-0.1, -0.05) is 0 Å². The van der Waals surface area contributed by atoms with Gasteiger partial charge in [-0.05, 0) is 40.0 Å². The fourth-order valence-electron chi connectivity index (χ4n) is 1.66. The highest BCUT2D eigenvalue weighted by molar-refractivity contribution is 9.10. The van der Waals surface area contributed by atoms with Crippen LogP contribution in [-0.2, 0) is 16.1 Å². The Bertz CT molecular complexity index is 469. The van der Waals surface area contributed by atoms with E-state index in [2.05, 4.69) is 21.2 Å². The smallest absolute Gasteiger partial charge is 0.257 e. The number of hydrogen-bond donors (Lipinski definition) is 2. The molecule has 0 aliphatic rings. The maximum absolute atomic E-state index is 11.7. The zero-order chi connectivity index (χ0) is 15.7. The van der Waals surface area contributed by atoms with Gasteiger partial charge in [0.1, 0.15) is 0 Å². The summed E-state index contributed by atoms with van der Waals surface area (Å²) >= 11 is 3.39. The van der Waals surface area contributed by atoms with Gasteiger partial charge in [-0.3, -0.25) is 4.79 Å². The summed E-state index contributed by atoms with van der Waals surface area (Å²) in [5.41, 5.74) is 6.51. The average Bonchev–Trinajstić information content (AvgIpc) is 2.49. The van der Waals surface area contributed by atoms with E-state index >= 15 is 0 Å². The highest BCUT2D eigenvalue weighted by Crippen LogP contribution is 2.36. The molecule has 21 heavy (non-hydrogen) atoms. The Labute approximate surface area is 133 Å². The molecule has 0 saturated heterocycles. The highest BCUT2D eigenvalue weighted by Gasteiger charge is 2.13. The first-order valence-corrected chi connectivity index (χ1v) is 7.36. The number of amides is 1. The molecule has 0 bridgehead atoms. The molecule has 3 N–H and O–H groups in total. The van der Waals surface area contributed by atoms with Crippen LogP contribution in [-0.4, -0.2) is 39.9 Å². The Morgan fingerprint density at radius 1 is 1.38 bits per heavy atom. The van der Waals surface area contributed by atoms with Crippen molar-refractivity contribution in [2.45, 2.75) is 13.0 Å². The van der Waals surface area contributed by atoms with Crippen LogP contribution in [0.2, 0.25) is 0 Å². The number of carbonyl (C=O) groups is 1. The van der Waals surface area contributed by atoms with Crippen molar-refractivity contribution in [2.75, 3.05) is 34.0 Å². The summed E-state index contributed by atoms with van der Waals surface area (Å²) in [7, 11) is 3.17. The van der Waals surface area contributed by atoms with Crippen molar-refractivity contribution in [1.82, 2.24) is 5.32 Å². The minimum absolute atomic E-state index is 0.0795. The largest absolute Gasteiger partial charge is 0.493 e. The summed E-state index contributed by atoms with van der Waals surface area (Å²) in [4.78, 5) is 11.7. The second-order valence-electron chi connectivity index (χ2n) is 4.30. The molecule has 1 aromatic rings. The van der Waals surface area contributed by atoms with Gasteiger partial charge in [-0.25, -0.2) is 0 Å². The van der Waals surface area contributed by atoms with Crippen molar-refractivity contribution in [1.29, 1.82) is 0 Å². The van der Waals surface area contributed by atoms with Crippen LogP contribution in [0.3, 0.4) is 0 Å². The minimum Gasteiger partial charge on any atom is -0.493 e. The molecule has 0 aliphatic carbocycles. The fourth-order valence-corrected chi connectivity index (χ4v) is 2.27.